The van der Waals surface area contributed by atoms with Gasteiger partial charge in [0, 0.05) is 5.56 Å². The van der Waals surface area contributed by atoms with Crippen LogP contribution in [0.15, 0.2) is 29.3 Å². The number of nitrogens with zero attached hydrogens (tertiary/aromatic N) is 1. The van der Waals surface area contributed by atoms with Crippen molar-refractivity contribution >= 4 is 5.96 Å². The van der Waals surface area contributed by atoms with Crippen LogP contribution < -0.4 is 16.2 Å². The smallest absolute Gasteiger partial charge is 0.186 e. The fourth-order valence-corrected chi connectivity index (χ4v) is 1.10. The third kappa shape index (κ3) is 3.84. The molecule has 0 aliphatic heterocycles. The second-order valence-electron chi connectivity index (χ2n) is 2.89. The molecule has 0 radical (unpaired) electrons. The second kappa shape index (κ2) is 5.85. The highest BCUT2D eigenvalue weighted by atomic mass is 19.1. The molecule has 1 rings (SSSR count). The number of ether oxygens (including phenoxy) is 1. The molecule has 0 amide bonds. The largest absolute Gasteiger partial charge is 0.491 e. The number of benzene rings is 1. The quantitative estimate of drug-likeness (QED) is 0.559. The Hall–Kier alpha value is -1.78. The van der Waals surface area contributed by atoms with Crippen LogP contribution in [0.5, 0.6) is 5.75 Å². The standard InChI is InChI=1S/C10H14FN3O/c11-5-6-15-9-4-2-1-3-8(9)7-14-10(12)13/h1-4H,5-7H2,(H4,12,13,14). The number of halogens is 1. The highest BCUT2D eigenvalue weighted by Crippen LogP contribution is 2.18. The van der Waals surface area contributed by atoms with Gasteiger partial charge in [0.2, 0.25) is 0 Å². The average Bonchev–Trinajstić information content (AvgIpc) is 2.24. The molecule has 0 fully saturated rings. The van der Waals surface area contributed by atoms with Crippen molar-refractivity contribution in [3.63, 3.8) is 0 Å². The maximum atomic E-state index is 11.9. The van der Waals surface area contributed by atoms with E-state index in [0.717, 1.165) is 5.56 Å². The van der Waals surface area contributed by atoms with E-state index in [1.807, 2.05) is 18.2 Å². The highest BCUT2D eigenvalue weighted by molar-refractivity contribution is 5.75. The van der Waals surface area contributed by atoms with Crippen molar-refractivity contribution in [3.8, 4) is 5.75 Å². The lowest BCUT2D eigenvalue weighted by atomic mass is 10.2. The summed E-state index contributed by atoms with van der Waals surface area (Å²) < 4.78 is 17.1. The van der Waals surface area contributed by atoms with Crippen LogP contribution in [-0.4, -0.2) is 19.2 Å². The van der Waals surface area contributed by atoms with Crippen molar-refractivity contribution in [1.82, 2.24) is 0 Å². The van der Waals surface area contributed by atoms with Crippen molar-refractivity contribution in [3.05, 3.63) is 29.8 Å². The van der Waals surface area contributed by atoms with Gasteiger partial charge in [0.1, 0.15) is 19.0 Å². The van der Waals surface area contributed by atoms with Gasteiger partial charge in [-0.2, -0.15) is 0 Å². The van der Waals surface area contributed by atoms with Crippen LogP contribution in [0.2, 0.25) is 0 Å². The fourth-order valence-electron chi connectivity index (χ4n) is 1.10. The minimum Gasteiger partial charge on any atom is -0.491 e. The Morgan fingerprint density at radius 2 is 2.07 bits per heavy atom. The number of aliphatic imine (C=N–C) groups is 1. The van der Waals surface area contributed by atoms with Crippen LogP contribution >= 0.6 is 0 Å². The van der Waals surface area contributed by atoms with Crippen LogP contribution in [0.4, 0.5) is 4.39 Å². The number of para-hydroxylation sites is 1. The third-order valence-corrected chi connectivity index (χ3v) is 1.74. The Morgan fingerprint density at radius 3 is 2.73 bits per heavy atom. The molecule has 0 bridgehead atoms. The molecule has 0 saturated carbocycles. The first-order chi connectivity index (χ1) is 7.24. The van der Waals surface area contributed by atoms with Gasteiger partial charge in [0.05, 0.1) is 6.54 Å². The molecule has 0 atom stereocenters. The highest BCUT2D eigenvalue weighted by Gasteiger charge is 2.01. The minimum absolute atomic E-state index is 0.0234. The van der Waals surface area contributed by atoms with Crippen LogP contribution in [0.25, 0.3) is 0 Å². The lowest BCUT2D eigenvalue weighted by Crippen LogP contribution is -2.22. The Kier molecular flexibility index (Phi) is 4.40. The predicted octanol–water partition coefficient (Wildman–Crippen LogP) is 0.808. The van der Waals surface area contributed by atoms with Crippen LogP contribution in [0, 0.1) is 0 Å². The normalized spacial score (nSPS) is 9.67. The maximum Gasteiger partial charge on any atom is 0.186 e. The van der Waals surface area contributed by atoms with Gasteiger partial charge in [0.25, 0.3) is 0 Å². The summed E-state index contributed by atoms with van der Waals surface area (Å²) in [6, 6.07) is 7.25. The first-order valence-corrected chi connectivity index (χ1v) is 4.56. The summed E-state index contributed by atoms with van der Waals surface area (Å²) in [5.41, 5.74) is 11.3. The van der Waals surface area contributed by atoms with Gasteiger partial charge in [-0.3, -0.25) is 0 Å². The van der Waals surface area contributed by atoms with Gasteiger partial charge < -0.3 is 16.2 Å². The topological polar surface area (TPSA) is 73.6 Å². The van der Waals surface area contributed by atoms with Crippen molar-refractivity contribution in [1.29, 1.82) is 0 Å². The monoisotopic (exact) mass is 211 g/mol. The Balaban J connectivity index is 2.72. The molecule has 0 aliphatic carbocycles. The Labute approximate surface area is 87.7 Å². The SMILES string of the molecule is NC(N)=NCc1ccccc1OCCF. The summed E-state index contributed by atoms with van der Waals surface area (Å²) in [7, 11) is 0. The zero-order valence-corrected chi connectivity index (χ0v) is 8.32. The lowest BCUT2D eigenvalue weighted by molar-refractivity contribution is 0.271. The molecule has 5 heteroatoms. The van der Waals surface area contributed by atoms with Crippen molar-refractivity contribution in [2.24, 2.45) is 16.5 Å². The molecule has 1 aromatic rings. The van der Waals surface area contributed by atoms with E-state index in [4.69, 9.17) is 16.2 Å². The predicted molar refractivity (Wildman–Crippen MR) is 57.4 cm³/mol. The van der Waals surface area contributed by atoms with E-state index in [0.29, 0.717) is 12.3 Å². The van der Waals surface area contributed by atoms with E-state index in [1.165, 1.54) is 0 Å². The zero-order valence-electron chi connectivity index (χ0n) is 8.32. The molecule has 0 aliphatic rings. The minimum atomic E-state index is -0.517. The zero-order chi connectivity index (χ0) is 11.1. The first-order valence-electron chi connectivity index (χ1n) is 4.56. The molecule has 82 valence electrons. The van der Waals surface area contributed by atoms with E-state index >= 15 is 0 Å². The summed E-state index contributed by atoms with van der Waals surface area (Å²) in [6.45, 7) is -0.139. The van der Waals surface area contributed by atoms with Crippen LogP contribution in [0.1, 0.15) is 5.56 Å². The van der Waals surface area contributed by atoms with Crippen molar-refractivity contribution in [2.45, 2.75) is 6.54 Å². The second-order valence-corrected chi connectivity index (χ2v) is 2.89. The number of hydrogen-bond acceptors (Lipinski definition) is 2. The molecular formula is C10H14FN3O. The summed E-state index contributed by atoms with van der Waals surface area (Å²) in [5.74, 6) is 0.635. The maximum absolute atomic E-state index is 11.9. The Bertz CT molecular complexity index is 337. The molecule has 4 N–H and O–H groups in total. The van der Waals surface area contributed by atoms with E-state index in [9.17, 15) is 4.39 Å². The van der Waals surface area contributed by atoms with E-state index < -0.39 is 6.67 Å². The van der Waals surface area contributed by atoms with Gasteiger partial charge in [-0.05, 0) is 6.07 Å². The average molecular weight is 211 g/mol. The summed E-state index contributed by atoms with van der Waals surface area (Å²) >= 11 is 0. The van der Waals surface area contributed by atoms with Crippen molar-refractivity contribution < 1.29 is 9.13 Å². The number of alkyl halides is 1. The van der Waals surface area contributed by atoms with Gasteiger partial charge in [-0.25, -0.2) is 9.38 Å². The fraction of sp³-hybridized carbons (Fsp3) is 0.300. The molecule has 0 aromatic heterocycles. The number of rotatable bonds is 5. The molecule has 0 spiro atoms. The van der Waals surface area contributed by atoms with Gasteiger partial charge >= 0.3 is 0 Å². The first kappa shape index (κ1) is 11.3. The molecule has 1 aromatic carbocycles. The number of guanidine groups is 1. The molecule has 0 saturated heterocycles. The van der Waals surface area contributed by atoms with E-state index in [1.54, 1.807) is 6.07 Å². The summed E-state index contributed by atoms with van der Waals surface area (Å²) in [5, 5.41) is 0. The lowest BCUT2D eigenvalue weighted by Gasteiger charge is -2.08. The molecule has 15 heavy (non-hydrogen) atoms. The Morgan fingerprint density at radius 1 is 1.33 bits per heavy atom. The summed E-state index contributed by atoms with van der Waals surface area (Å²) in [4.78, 5) is 3.86. The third-order valence-electron chi connectivity index (χ3n) is 1.74. The van der Waals surface area contributed by atoms with Crippen molar-refractivity contribution in [2.75, 3.05) is 13.3 Å². The number of nitrogens with two attached hydrogens (primary N) is 2. The van der Waals surface area contributed by atoms with Crippen LogP contribution in [0.3, 0.4) is 0 Å². The van der Waals surface area contributed by atoms with Gasteiger partial charge in [-0.15, -0.1) is 0 Å². The van der Waals surface area contributed by atoms with Gasteiger partial charge in [-0.1, -0.05) is 18.2 Å². The molecular weight excluding hydrogens is 197 g/mol. The number of hydrogen-bond donors (Lipinski definition) is 2. The molecule has 0 unspecified atom stereocenters. The van der Waals surface area contributed by atoms with E-state index in [2.05, 4.69) is 4.99 Å². The van der Waals surface area contributed by atoms with E-state index in [-0.39, 0.29) is 12.6 Å². The molecule has 4 nitrogen and oxygen atoms in total. The summed E-state index contributed by atoms with van der Waals surface area (Å²) in [6.07, 6.45) is 0. The van der Waals surface area contributed by atoms with Gasteiger partial charge in [0.15, 0.2) is 5.96 Å². The molecule has 0 heterocycles. The van der Waals surface area contributed by atoms with Crippen LogP contribution in [-0.2, 0) is 6.54 Å².